The second-order valence-corrected chi connectivity index (χ2v) is 7.84. The molecule has 2 nitrogen and oxygen atoms in total. The molecule has 1 saturated heterocycles. The third-order valence-electron chi connectivity index (χ3n) is 5.20. The predicted molar refractivity (Wildman–Crippen MR) is 78.8 cm³/mol. The first-order valence-electron chi connectivity index (χ1n) is 7.82. The number of hydrogen-bond donors (Lipinski definition) is 1. The third kappa shape index (κ3) is 3.48. The summed E-state index contributed by atoms with van der Waals surface area (Å²) in [5, 5.41) is 3.46. The molecular weight excluding hydrogens is 220 g/mol. The number of rotatable bonds is 4. The molecule has 0 aromatic heterocycles. The Labute approximate surface area is 114 Å². The van der Waals surface area contributed by atoms with Crippen LogP contribution in [0, 0.1) is 16.7 Å². The molecule has 0 amide bonds. The lowest BCUT2D eigenvalue weighted by molar-refractivity contribution is 0.0955. The number of hydrogen-bond acceptors (Lipinski definition) is 2. The van der Waals surface area contributed by atoms with Gasteiger partial charge in [-0.05, 0) is 49.6 Å². The van der Waals surface area contributed by atoms with Gasteiger partial charge in [0.2, 0.25) is 0 Å². The zero-order valence-electron chi connectivity index (χ0n) is 12.9. The third-order valence-corrected chi connectivity index (χ3v) is 5.20. The SMILES string of the molecule is CNCC1(CN2CCC(C)(C)C2)CCC(C)CC1. The van der Waals surface area contributed by atoms with Gasteiger partial charge in [0.05, 0.1) is 0 Å². The van der Waals surface area contributed by atoms with Crippen molar-refractivity contribution in [2.45, 2.75) is 52.9 Å². The van der Waals surface area contributed by atoms with E-state index >= 15 is 0 Å². The standard InChI is InChI=1S/C16H32N2/c1-14-5-7-16(8-6-14,11-17-4)13-18-10-9-15(2,3)12-18/h14,17H,5-13H2,1-4H3. The molecule has 0 spiro atoms. The van der Waals surface area contributed by atoms with E-state index in [9.17, 15) is 0 Å². The smallest absolute Gasteiger partial charge is 0.00504 e. The van der Waals surface area contributed by atoms with Gasteiger partial charge in [-0.25, -0.2) is 0 Å². The van der Waals surface area contributed by atoms with E-state index in [-0.39, 0.29) is 0 Å². The summed E-state index contributed by atoms with van der Waals surface area (Å²) in [6, 6.07) is 0. The Hall–Kier alpha value is -0.0800. The molecule has 2 fully saturated rings. The van der Waals surface area contributed by atoms with Gasteiger partial charge in [0.1, 0.15) is 0 Å². The first-order valence-corrected chi connectivity index (χ1v) is 7.82. The molecule has 2 aliphatic rings. The van der Waals surface area contributed by atoms with Gasteiger partial charge in [0.25, 0.3) is 0 Å². The second-order valence-electron chi connectivity index (χ2n) is 7.84. The largest absolute Gasteiger partial charge is 0.319 e. The summed E-state index contributed by atoms with van der Waals surface area (Å²) < 4.78 is 0. The Morgan fingerprint density at radius 2 is 1.83 bits per heavy atom. The highest BCUT2D eigenvalue weighted by Gasteiger charge is 2.38. The summed E-state index contributed by atoms with van der Waals surface area (Å²) in [4.78, 5) is 2.73. The second kappa shape index (κ2) is 5.50. The van der Waals surface area contributed by atoms with E-state index in [0.717, 1.165) is 5.92 Å². The average molecular weight is 252 g/mol. The first-order chi connectivity index (χ1) is 8.45. The van der Waals surface area contributed by atoms with Crippen LogP contribution in [0.1, 0.15) is 52.9 Å². The van der Waals surface area contributed by atoms with Crippen molar-refractivity contribution in [2.75, 3.05) is 33.2 Å². The molecule has 0 radical (unpaired) electrons. The molecule has 1 saturated carbocycles. The van der Waals surface area contributed by atoms with E-state index in [4.69, 9.17) is 0 Å². The molecule has 18 heavy (non-hydrogen) atoms. The Kier molecular flexibility index (Phi) is 4.38. The van der Waals surface area contributed by atoms with Gasteiger partial charge in [-0.2, -0.15) is 0 Å². The lowest BCUT2D eigenvalue weighted by Gasteiger charge is -2.42. The van der Waals surface area contributed by atoms with Crippen LogP contribution in [0.5, 0.6) is 0 Å². The molecule has 2 heteroatoms. The average Bonchev–Trinajstić information content (AvgIpc) is 2.63. The maximum Gasteiger partial charge on any atom is 0.00504 e. The molecule has 0 aromatic rings. The Morgan fingerprint density at radius 1 is 1.17 bits per heavy atom. The summed E-state index contributed by atoms with van der Waals surface area (Å²) in [7, 11) is 2.12. The van der Waals surface area contributed by atoms with Crippen LogP contribution in [0.2, 0.25) is 0 Å². The molecule has 106 valence electrons. The van der Waals surface area contributed by atoms with Gasteiger partial charge in [-0.15, -0.1) is 0 Å². The normalized spacial score (nSPS) is 37.0. The first kappa shape index (κ1) is 14.3. The van der Waals surface area contributed by atoms with Crippen molar-refractivity contribution in [1.82, 2.24) is 10.2 Å². The zero-order valence-corrected chi connectivity index (χ0v) is 12.9. The Morgan fingerprint density at radius 3 is 2.33 bits per heavy atom. The molecule has 1 aliphatic carbocycles. The monoisotopic (exact) mass is 252 g/mol. The van der Waals surface area contributed by atoms with Gasteiger partial charge in [-0.1, -0.05) is 33.6 Å². The Bertz CT molecular complexity index is 264. The van der Waals surface area contributed by atoms with E-state index < -0.39 is 0 Å². The fourth-order valence-electron chi connectivity index (χ4n) is 3.97. The van der Waals surface area contributed by atoms with Crippen LogP contribution >= 0.6 is 0 Å². The van der Waals surface area contributed by atoms with Crippen molar-refractivity contribution < 1.29 is 0 Å². The molecule has 0 atom stereocenters. The number of nitrogens with one attached hydrogen (secondary N) is 1. The van der Waals surface area contributed by atoms with Gasteiger partial charge in [0.15, 0.2) is 0 Å². The van der Waals surface area contributed by atoms with Crippen molar-refractivity contribution in [3.05, 3.63) is 0 Å². The summed E-state index contributed by atoms with van der Waals surface area (Å²) in [6.45, 7) is 12.4. The molecular formula is C16H32N2. The predicted octanol–water partition coefficient (Wildman–Crippen LogP) is 3.13. The Balaban J connectivity index is 1.94. The number of nitrogens with zero attached hydrogens (tertiary/aromatic N) is 1. The fourth-order valence-corrected chi connectivity index (χ4v) is 3.97. The number of likely N-dealkylation sites (tertiary alicyclic amines) is 1. The summed E-state index contributed by atoms with van der Waals surface area (Å²) >= 11 is 0. The minimum absolute atomic E-state index is 0.544. The van der Waals surface area contributed by atoms with Crippen LogP contribution in [0.25, 0.3) is 0 Å². The molecule has 0 aromatic carbocycles. The van der Waals surface area contributed by atoms with Crippen molar-refractivity contribution in [3.63, 3.8) is 0 Å². The molecule has 1 heterocycles. The van der Waals surface area contributed by atoms with Crippen molar-refractivity contribution in [3.8, 4) is 0 Å². The lowest BCUT2D eigenvalue weighted by Crippen LogP contribution is -2.45. The maximum absolute atomic E-state index is 3.46. The molecule has 0 unspecified atom stereocenters. The van der Waals surface area contributed by atoms with Gasteiger partial charge < -0.3 is 10.2 Å². The van der Waals surface area contributed by atoms with E-state index in [0.29, 0.717) is 10.8 Å². The van der Waals surface area contributed by atoms with E-state index in [1.54, 1.807) is 0 Å². The highest BCUT2D eigenvalue weighted by atomic mass is 15.2. The molecule has 1 N–H and O–H groups in total. The molecule has 1 aliphatic heterocycles. The van der Waals surface area contributed by atoms with Crippen molar-refractivity contribution in [2.24, 2.45) is 16.7 Å². The van der Waals surface area contributed by atoms with Crippen LogP contribution < -0.4 is 5.32 Å². The van der Waals surface area contributed by atoms with Crippen LogP contribution in [-0.4, -0.2) is 38.1 Å². The van der Waals surface area contributed by atoms with E-state index in [2.05, 4.69) is 38.0 Å². The van der Waals surface area contributed by atoms with Crippen LogP contribution in [0.15, 0.2) is 0 Å². The van der Waals surface area contributed by atoms with Crippen LogP contribution in [-0.2, 0) is 0 Å². The quantitative estimate of drug-likeness (QED) is 0.827. The van der Waals surface area contributed by atoms with Gasteiger partial charge in [-0.3, -0.25) is 0 Å². The van der Waals surface area contributed by atoms with Crippen LogP contribution in [0.3, 0.4) is 0 Å². The van der Waals surface area contributed by atoms with E-state index in [1.165, 1.54) is 58.3 Å². The van der Waals surface area contributed by atoms with E-state index in [1.807, 2.05) is 0 Å². The van der Waals surface area contributed by atoms with Crippen LogP contribution in [0.4, 0.5) is 0 Å². The minimum Gasteiger partial charge on any atom is -0.319 e. The van der Waals surface area contributed by atoms with Crippen molar-refractivity contribution >= 4 is 0 Å². The lowest BCUT2D eigenvalue weighted by atomic mass is 9.70. The fraction of sp³-hybridized carbons (Fsp3) is 1.00. The molecule has 0 bridgehead atoms. The topological polar surface area (TPSA) is 15.3 Å². The minimum atomic E-state index is 0.544. The highest BCUT2D eigenvalue weighted by molar-refractivity contribution is 4.92. The maximum atomic E-state index is 3.46. The summed E-state index contributed by atoms with van der Waals surface area (Å²) in [6.07, 6.45) is 7.08. The summed E-state index contributed by atoms with van der Waals surface area (Å²) in [5.41, 5.74) is 1.10. The van der Waals surface area contributed by atoms with Crippen molar-refractivity contribution in [1.29, 1.82) is 0 Å². The van der Waals surface area contributed by atoms with Gasteiger partial charge >= 0.3 is 0 Å². The van der Waals surface area contributed by atoms with Gasteiger partial charge in [0, 0.05) is 19.6 Å². The zero-order chi connectivity index (χ0) is 13.2. The highest BCUT2D eigenvalue weighted by Crippen LogP contribution is 2.41. The molecule has 2 rings (SSSR count). The summed E-state index contributed by atoms with van der Waals surface area (Å²) in [5.74, 6) is 0.949.